The average Bonchev–Trinajstić information content (AvgIpc) is 3.17. The number of nitrogens with one attached hydrogen (secondary N) is 1. The lowest BCUT2D eigenvalue weighted by Crippen LogP contribution is -1.95. The monoisotopic (exact) mass is 427 g/mol. The van der Waals surface area contributed by atoms with Crippen LogP contribution in [-0.2, 0) is 0 Å². The first-order chi connectivity index (χ1) is 11.2. The molecule has 0 aliphatic carbocycles. The smallest absolute Gasteiger partial charge is 0.106 e. The van der Waals surface area contributed by atoms with Crippen LogP contribution in [0.5, 0.6) is 0 Å². The molecular weight excluding hydrogens is 418 g/mol. The summed E-state index contributed by atoms with van der Waals surface area (Å²) in [5, 5.41) is 1.11. The Hall–Kier alpha value is -1.98. The summed E-state index contributed by atoms with van der Waals surface area (Å²) in [7, 11) is 0. The maximum Gasteiger partial charge on any atom is 0.106 e. The van der Waals surface area contributed by atoms with Crippen LogP contribution in [0.3, 0.4) is 0 Å². The topological polar surface area (TPSA) is 41.0 Å². The maximum absolute atomic E-state index is 4.60. The number of halogens is 2. The van der Waals surface area contributed by atoms with Crippen LogP contribution in [0.2, 0.25) is 0 Å². The predicted octanol–water partition coefficient (Wildman–Crippen LogP) is 5.45. The van der Waals surface area contributed by atoms with Gasteiger partial charge in [0.15, 0.2) is 0 Å². The number of allylic oxidation sites excluding steroid dienone is 2. The van der Waals surface area contributed by atoms with E-state index in [0.717, 1.165) is 42.7 Å². The fourth-order valence-electron chi connectivity index (χ4n) is 2.72. The number of H-pyrrole nitrogens is 1. The molecule has 0 fully saturated rings. The highest BCUT2D eigenvalue weighted by Crippen LogP contribution is 2.34. The van der Waals surface area contributed by atoms with Crippen molar-refractivity contribution >= 4 is 53.0 Å². The zero-order chi connectivity index (χ0) is 15.8. The van der Waals surface area contributed by atoms with E-state index in [2.05, 4.69) is 71.1 Å². The van der Waals surface area contributed by atoms with Gasteiger partial charge in [0.2, 0.25) is 0 Å². The van der Waals surface area contributed by atoms with Gasteiger partial charge in [-0.3, -0.25) is 4.98 Å². The third-order valence-corrected chi connectivity index (χ3v) is 4.59. The van der Waals surface area contributed by atoms with E-state index in [4.69, 9.17) is 0 Å². The SMILES string of the molecule is BrC1=N/C(=C(\c2ccc(Br)[nH]2)c2cccc3cccnc23)C=C1. The molecule has 0 atom stereocenters. The molecule has 1 aromatic carbocycles. The van der Waals surface area contributed by atoms with Crippen molar-refractivity contribution in [1.82, 2.24) is 9.97 Å². The van der Waals surface area contributed by atoms with Crippen molar-refractivity contribution in [3.05, 3.63) is 82.4 Å². The van der Waals surface area contributed by atoms with E-state index in [1.807, 2.05) is 36.5 Å². The van der Waals surface area contributed by atoms with Gasteiger partial charge < -0.3 is 4.98 Å². The highest BCUT2D eigenvalue weighted by Gasteiger charge is 2.17. The van der Waals surface area contributed by atoms with Crippen molar-refractivity contribution < 1.29 is 0 Å². The molecule has 3 aromatic rings. The second-order valence-electron chi connectivity index (χ2n) is 5.13. The lowest BCUT2D eigenvalue weighted by molar-refractivity contribution is 1.28. The molecule has 23 heavy (non-hydrogen) atoms. The van der Waals surface area contributed by atoms with Crippen molar-refractivity contribution in [2.45, 2.75) is 0 Å². The zero-order valence-electron chi connectivity index (χ0n) is 11.9. The van der Waals surface area contributed by atoms with E-state index in [9.17, 15) is 0 Å². The Bertz CT molecular complexity index is 991. The summed E-state index contributed by atoms with van der Waals surface area (Å²) in [6, 6.07) is 14.3. The van der Waals surface area contributed by atoms with Gasteiger partial charge in [0.25, 0.3) is 0 Å². The molecule has 4 rings (SSSR count). The first kappa shape index (κ1) is 14.6. The van der Waals surface area contributed by atoms with E-state index < -0.39 is 0 Å². The summed E-state index contributed by atoms with van der Waals surface area (Å²) in [6.45, 7) is 0. The van der Waals surface area contributed by atoms with E-state index in [1.165, 1.54) is 0 Å². The minimum atomic E-state index is 0.823. The van der Waals surface area contributed by atoms with Crippen LogP contribution in [-0.4, -0.2) is 14.6 Å². The molecule has 1 aliphatic heterocycles. The predicted molar refractivity (Wildman–Crippen MR) is 102 cm³/mol. The Kier molecular flexibility index (Phi) is 3.75. The Labute approximate surface area is 150 Å². The van der Waals surface area contributed by atoms with Crippen molar-refractivity contribution in [2.75, 3.05) is 0 Å². The first-order valence-corrected chi connectivity index (χ1v) is 8.66. The molecule has 0 unspecified atom stereocenters. The Morgan fingerprint density at radius 3 is 2.57 bits per heavy atom. The molecule has 0 amide bonds. The average molecular weight is 429 g/mol. The van der Waals surface area contributed by atoms with Crippen molar-refractivity contribution in [2.24, 2.45) is 4.99 Å². The molecule has 0 spiro atoms. The molecule has 0 radical (unpaired) electrons. The molecule has 1 aliphatic rings. The van der Waals surface area contributed by atoms with Crippen LogP contribution in [0.15, 0.2) is 76.1 Å². The van der Waals surface area contributed by atoms with Gasteiger partial charge in [-0.15, -0.1) is 0 Å². The number of pyridine rings is 1. The van der Waals surface area contributed by atoms with E-state index in [0.29, 0.717) is 0 Å². The number of hydrogen-bond acceptors (Lipinski definition) is 2. The Morgan fingerprint density at radius 1 is 0.957 bits per heavy atom. The van der Waals surface area contributed by atoms with Gasteiger partial charge >= 0.3 is 0 Å². The minimum absolute atomic E-state index is 0.823. The molecule has 3 heterocycles. The zero-order valence-corrected chi connectivity index (χ0v) is 15.1. The molecule has 0 bridgehead atoms. The highest BCUT2D eigenvalue weighted by molar-refractivity contribution is 9.18. The van der Waals surface area contributed by atoms with Gasteiger partial charge in [0, 0.05) is 28.4 Å². The fraction of sp³-hybridized carbons (Fsp3) is 0. The number of nitrogens with zero attached hydrogens (tertiary/aromatic N) is 2. The maximum atomic E-state index is 4.60. The highest BCUT2D eigenvalue weighted by atomic mass is 79.9. The van der Waals surface area contributed by atoms with Crippen LogP contribution in [0, 0.1) is 0 Å². The van der Waals surface area contributed by atoms with E-state index in [1.54, 1.807) is 0 Å². The van der Waals surface area contributed by atoms with E-state index >= 15 is 0 Å². The number of fused-ring (bicyclic) bond motifs is 1. The fourth-order valence-corrected chi connectivity index (χ4v) is 3.39. The van der Waals surface area contributed by atoms with E-state index in [-0.39, 0.29) is 0 Å². The van der Waals surface area contributed by atoms with Crippen molar-refractivity contribution in [3.8, 4) is 0 Å². The van der Waals surface area contributed by atoms with Crippen LogP contribution in [0.1, 0.15) is 11.3 Å². The largest absolute Gasteiger partial charge is 0.349 e. The second kappa shape index (κ2) is 5.91. The summed E-state index contributed by atoms with van der Waals surface area (Å²) in [4.78, 5) is 12.5. The lowest BCUT2D eigenvalue weighted by atomic mass is 9.97. The van der Waals surface area contributed by atoms with Crippen LogP contribution in [0.4, 0.5) is 0 Å². The number of benzene rings is 1. The third kappa shape index (κ3) is 2.71. The van der Waals surface area contributed by atoms with Crippen molar-refractivity contribution in [3.63, 3.8) is 0 Å². The lowest BCUT2D eigenvalue weighted by Gasteiger charge is -2.11. The molecule has 1 N–H and O–H groups in total. The number of aromatic nitrogens is 2. The summed E-state index contributed by atoms with van der Waals surface area (Å²) < 4.78 is 1.76. The number of aliphatic imine (C=N–C) groups is 1. The van der Waals surface area contributed by atoms with Crippen LogP contribution < -0.4 is 0 Å². The number of hydrogen-bond donors (Lipinski definition) is 1. The van der Waals surface area contributed by atoms with Gasteiger partial charge in [-0.2, -0.15) is 0 Å². The quantitative estimate of drug-likeness (QED) is 0.579. The Balaban J connectivity index is 2.05. The normalized spacial score (nSPS) is 16.0. The first-order valence-electron chi connectivity index (χ1n) is 7.08. The van der Waals surface area contributed by atoms with Gasteiger partial charge in [-0.05, 0) is 62.2 Å². The molecule has 0 saturated heterocycles. The number of rotatable bonds is 2. The molecule has 112 valence electrons. The molecule has 3 nitrogen and oxygen atoms in total. The summed E-state index contributed by atoms with van der Waals surface area (Å²) in [5.74, 6) is 0. The second-order valence-corrected chi connectivity index (χ2v) is 6.80. The third-order valence-electron chi connectivity index (χ3n) is 3.68. The summed E-state index contributed by atoms with van der Waals surface area (Å²) >= 11 is 6.93. The molecule has 2 aromatic heterocycles. The number of para-hydroxylation sites is 1. The minimum Gasteiger partial charge on any atom is -0.349 e. The Morgan fingerprint density at radius 2 is 1.83 bits per heavy atom. The summed E-state index contributed by atoms with van der Waals surface area (Å²) in [6.07, 6.45) is 5.78. The molecule has 5 heteroatoms. The number of aromatic amines is 1. The van der Waals surface area contributed by atoms with Crippen LogP contribution >= 0.6 is 31.9 Å². The van der Waals surface area contributed by atoms with Gasteiger partial charge in [-0.1, -0.05) is 24.3 Å². The van der Waals surface area contributed by atoms with Gasteiger partial charge in [0.1, 0.15) is 4.62 Å². The van der Waals surface area contributed by atoms with Crippen LogP contribution in [0.25, 0.3) is 16.5 Å². The molecular formula is C18H11Br2N3. The summed E-state index contributed by atoms with van der Waals surface area (Å²) in [5.41, 5.74) is 4.97. The standard InChI is InChI=1S/C18H11Br2N3/c19-15-8-6-13(22-15)17(14-7-9-16(20)23-14)12-5-1-3-11-4-2-10-21-18(11)12/h1-10,22H/b17-14-. The van der Waals surface area contributed by atoms with Gasteiger partial charge in [0.05, 0.1) is 15.8 Å². The van der Waals surface area contributed by atoms with Gasteiger partial charge in [-0.25, -0.2) is 4.99 Å². The molecule has 0 saturated carbocycles. The van der Waals surface area contributed by atoms with Crippen molar-refractivity contribution in [1.29, 1.82) is 0 Å².